The minimum absolute atomic E-state index is 0.213. The van der Waals surface area contributed by atoms with E-state index in [2.05, 4.69) is 15.5 Å². The number of hydrogen-bond acceptors (Lipinski definition) is 7. The number of carbonyl (C=O) groups is 1. The highest BCUT2D eigenvalue weighted by Gasteiger charge is 2.19. The molecule has 1 aliphatic rings. The van der Waals surface area contributed by atoms with Crippen molar-refractivity contribution in [2.75, 3.05) is 5.75 Å². The molecule has 1 amide bonds. The fourth-order valence-electron chi connectivity index (χ4n) is 1.36. The maximum Gasteiger partial charge on any atom is 0.311 e. The summed E-state index contributed by atoms with van der Waals surface area (Å²) in [5, 5.41) is 29.9. The van der Waals surface area contributed by atoms with Gasteiger partial charge in [0.05, 0.1) is 22.5 Å². The average molecular weight is 298 g/mol. The summed E-state index contributed by atoms with van der Waals surface area (Å²) in [6.07, 6.45) is 0.843. The molecule has 1 fully saturated rings. The molecular formula is C10H7FN4O4S. The van der Waals surface area contributed by atoms with E-state index < -0.39 is 27.7 Å². The van der Waals surface area contributed by atoms with Gasteiger partial charge in [-0.25, -0.2) is 4.39 Å². The number of amides is 1. The summed E-state index contributed by atoms with van der Waals surface area (Å²) in [7, 11) is 0. The Bertz CT molecular complexity index is 646. The maximum absolute atomic E-state index is 13.5. The number of nitro groups is 1. The van der Waals surface area contributed by atoms with Crippen LogP contribution in [0.3, 0.4) is 0 Å². The zero-order valence-corrected chi connectivity index (χ0v) is 10.6. The topological polar surface area (TPSA) is 117 Å². The van der Waals surface area contributed by atoms with Crippen LogP contribution in [0.15, 0.2) is 22.3 Å². The number of amidine groups is 1. The molecule has 2 N–H and O–H groups in total. The first-order valence-corrected chi connectivity index (χ1v) is 6.17. The SMILES string of the molecule is O=C1CSC(=NN=Cc2c(F)ccc([N+](=O)[O-])c2O)N1. The van der Waals surface area contributed by atoms with Crippen molar-refractivity contribution >= 4 is 34.7 Å². The van der Waals surface area contributed by atoms with E-state index in [1.54, 1.807) is 0 Å². The lowest BCUT2D eigenvalue weighted by molar-refractivity contribution is -0.385. The minimum Gasteiger partial charge on any atom is -0.502 e. The van der Waals surface area contributed by atoms with E-state index in [0.29, 0.717) is 0 Å². The first kappa shape index (κ1) is 13.9. The van der Waals surface area contributed by atoms with Crippen molar-refractivity contribution in [3.8, 4) is 5.75 Å². The minimum atomic E-state index is -0.875. The van der Waals surface area contributed by atoms with Crippen LogP contribution in [0.25, 0.3) is 0 Å². The summed E-state index contributed by atoms with van der Waals surface area (Å²) >= 11 is 1.11. The molecule has 0 unspecified atom stereocenters. The lowest BCUT2D eigenvalue weighted by atomic mass is 10.2. The molecule has 10 heteroatoms. The molecule has 104 valence electrons. The number of hydrogen-bond donors (Lipinski definition) is 2. The van der Waals surface area contributed by atoms with Gasteiger partial charge < -0.3 is 10.4 Å². The molecule has 0 radical (unpaired) electrons. The highest BCUT2D eigenvalue weighted by Crippen LogP contribution is 2.30. The summed E-state index contributed by atoms with van der Waals surface area (Å²) in [5.74, 6) is -1.72. The number of carbonyl (C=O) groups excluding carboxylic acids is 1. The molecular weight excluding hydrogens is 291 g/mol. The van der Waals surface area contributed by atoms with E-state index in [-0.39, 0.29) is 16.8 Å². The van der Waals surface area contributed by atoms with Crippen LogP contribution in [0.2, 0.25) is 0 Å². The highest BCUT2D eigenvalue weighted by atomic mass is 32.2. The Hall–Kier alpha value is -2.49. The van der Waals surface area contributed by atoms with Gasteiger partial charge in [-0.15, -0.1) is 5.10 Å². The number of phenolic OH excluding ortho intramolecular Hbond substituents is 1. The third kappa shape index (κ3) is 2.91. The average Bonchev–Trinajstić information content (AvgIpc) is 2.78. The quantitative estimate of drug-likeness (QED) is 0.490. The standard InChI is InChI=1S/C10H7FN4O4S/c11-6-1-2-7(15(18)19)9(17)5(6)3-12-14-10-13-8(16)4-20-10/h1-3,17H,4H2,(H,13,14,16). The van der Waals surface area contributed by atoms with E-state index in [9.17, 15) is 24.4 Å². The maximum atomic E-state index is 13.5. The Morgan fingerprint density at radius 2 is 2.30 bits per heavy atom. The van der Waals surface area contributed by atoms with Gasteiger partial charge in [0, 0.05) is 6.07 Å². The monoisotopic (exact) mass is 298 g/mol. The molecule has 8 nitrogen and oxygen atoms in total. The van der Waals surface area contributed by atoms with Gasteiger partial charge in [-0.1, -0.05) is 11.8 Å². The Morgan fingerprint density at radius 3 is 2.90 bits per heavy atom. The van der Waals surface area contributed by atoms with Gasteiger partial charge in [0.1, 0.15) is 5.82 Å². The molecule has 0 atom stereocenters. The fourth-order valence-corrected chi connectivity index (χ4v) is 1.99. The second-order valence-electron chi connectivity index (χ2n) is 3.57. The predicted molar refractivity (Wildman–Crippen MR) is 70.3 cm³/mol. The van der Waals surface area contributed by atoms with Crippen LogP contribution >= 0.6 is 11.8 Å². The van der Waals surface area contributed by atoms with Crippen molar-refractivity contribution in [1.29, 1.82) is 0 Å². The van der Waals surface area contributed by atoms with Crippen molar-refractivity contribution < 1.29 is 19.2 Å². The van der Waals surface area contributed by atoms with Crippen LogP contribution in [0.1, 0.15) is 5.56 Å². The summed E-state index contributed by atoms with van der Waals surface area (Å²) in [6.45, 7) is 0. The van der Waals surface area contributed by atoms with Crippen molar-refractivity contribution in [1.82, 2.24) is 5.32 Å². The van der Waals surface area contributed by atoms with Crippen LogP contribution in [0.4, 0.5) is 10.1 Å². The van der Waals surface area contributed by atoms with Crippen LogP contribution in [0, 0.1) is 15.9 Å². The second-order valence-corrected chi connectivity index (χ2v) is 4.54. The van der Waals surface area contributed by atoms with Crippen molar-refractivity contribution in [2.45, 2.75) is 0 Å². The first-order valence-electron chi connectivity index (χ1n) is 5.18. The van der Waals surface area contributed by atoms with Crippen LogP contribution in [-0.4, -0.2) is 33.1 Å². The Labute approximate surface area is 115 Å². The van der Waals surface area contributed by atoms with Crippen molar-refractivity contribution in [3.63, 3.8) is 0 Å². The first-order chi connectivity index (χ1) is 9.49. The number of halogens is 1. The van der Waals surface area contributed by atoms with E-state index in [1.165, 1.54) is 0 Å². The molecule has 0 aromatic heterocycles. The molecule has 0 aliphatic carbocycles. The predicted octanol–water partition coefficient (Wildman–Crippen LogP) is 0.992. The number of nitrogens with zero attached hydrogens (tertiary/aromatic N) is 3. The van der Waals surface area contributed by atoms with Gasteiger partial charge >= 0.3 is 5.69 Å². The number of nitro benzene ring substituents is 1. The third-order valence-electron chi connectivity index (χ3n) is 2.26. The molecule has 0 bridgehead atoms. The molecule has 1 saturated heterocycles. The van der Waals surface area contributed by atoms with Crippen molar-refractivity contribution in [2.24, 2.45) is 10.2 Å². The molecule has 0 spiro atoms. The van der Waals surface area contributed by atoms with Crippen molar-refractivity contribution in [3.05, 3.63) is 33.6 Å². The second kappa shape index (κ2) is 5.65. The molecule has 20 heavy (non-hydrogen) atoms. The van der Waals surface area contributed by atoms with Gasteiger partial charge in [-0.05, 0) is 6.07 Å². The smallest absolute Gasteiger partial charge is 0.311 e. The normalized spacial score (nSPS) is 16.9. The number of phenols is 1. The zero-order valence-electron chi connectivity index (χ0n) is 9.74. The number of benzene rings is 1. The van der Waals surface area contributed by atoms with E-state index >= 15 is 0 Å². The molecule has 0 saturated carbocycles. The lowest BCUT2D eigenvalue weighted by Gasteiger charge is -2.00. The van der Waals surface area contributed by atoms with Crippen LogP contribution in [-0.2, 0) is 4.79 Å². The van der Waals surface area contributed by atoms with Gasteiger partial charge in [0.25, 0.3) is 0 Å². The van der Waals surface area contributed by atoms with E-state index in [1.807, 2.05) is 0 Å². The largest absolute Gasteiger partial charge is 0.502 e. The third-order valence-corrected chi connectivity index (χ3v) is 3.12. The zero-order chi connectivity index (χ0) is 14.7. The number of aromatic hydroxyl groups is 1. The Balaban J connectivity index is 2.27. The molecule has 1 heterocycles. The highest BCUT2D eigenvalue weighted by molar-refractivity contribution is 8.15. The molecule has 1 aromatic rings. The summed E-state index contributed by atoms with van der Waals surface area (Å²) in [5.41, 5.74) is -1.08. The number of rotatable bonds is 3. The van der Waals surface area contributed by atoms with E-state index in [4.69, 9.17) is 0 Å². The summed E-state index contributed by atoms with van der Waals surface area (Å²) < 4.78 is 13.5. The lowest BCUT2D eigenvalue weighted by Crippen LogP contribution is -2.19. The van der Waals surface area contributed by atoms with Gasteiger partial charge in [0.15, 0.2) is 5.17 Å². The number of nitrogens with one attached hydrogen (secondary N) is 1. The number of thioether (sulfide) groups is 1. The van der Waals surface area contributed by atoms with Gasteiger partial charge in [-0.2, -0.15) is 5.10 Å². The summed E-state index contributed by atoms with van der Waals surface area (Å²) in [6, 6.07) is 1.69. The molecule has 1 aromatic carbocycles. The summed E-state index contributed by atoms with van der Waals surface area (Å²) in [4.78, 5) is 20.6. The van der Waals surface area contributed by atoms with Crippen LogP contribution < -0.4 is 5.32 Å². The Kier molecular flexibility index (Phi) is 3.94. The molecule has 1 aliphatic heterocycles. The Morgan fingerprint density at radius 1 is 1.55 bits per heavy atom. The van der Waals surface area contributed by atoms with Gasteiger partial charge in [0.2, 0.25) is 11.7 Å². The fraction of sp³-hybridized carbons (Fsp3) is 0.100. The van der Waals surface area contributed by atoms with Gasteiger partial charge in [-0.3, -0.25) is 14.9 Å². The van der Waals surface area contributed by atoms with E-state index in [0.717, 1.165) is 30.1 Å². The van der Waals surface area contributed by atoms with Crippen LogP contribution in [0.5, 0.6) is 5.75 Å². The molecule has 2 rings (SSSR count).